The van der Waals surface area contributed by atoms with E-state index in [1.54, 1.807) is 12.1 Å². The smallest absolute Gasteiger partial charge is 0.404 e. The highest BCUT2D eigenvalue weighted by molar-refractivity contribution is 7.89. The maximum absolute atomic E-state index is 14.2. The van der Waals surface area contributed by atoms with Crippen LogP contribution >= 0.6 is 0 Å². The second-order valence-electron chi connectivity index (χ2n) is 12.9. The summed E-state index contributed by atoms with van der Waals surface area (Å²) in [4.78, 5) is 14.2. The van der Waals surface area contributed by atoms with E-state index in [-0.39, 0.29) is 24.4 Å². The monoisotopic (exact) mass is 673 g/mol. The van der Waals surface area contributed by atoms with Gasteiger partial charge in [-0.1, -0.05) is 105 Å². The molecule has 0 aliphatic rings. The number of carboxylic acid groups (broad SMARTS) is 1. The van der Waals surface area contributed by atoms with Gasteiger partial charge in [0.25, 0.3) is 0 Å². The molecule has 256 valence electrons. The van der Waals surface area contributed by atoms with Gasteiger partial charge >= 0.3 is 6.09 Å². The summed E-state index contributed by atoms with van der Waals surface area (Å²) in [6, 6.07) is 34.9. The minimum atomic E-state index is -4.10. The van der Waals surface area contributed by atoms with Crippen LogP contribution in [0.25, 0.3) is 0 Å². The second kappa shape index (κ2) is 17.3. The van der Waals surface area contributed by atoms with Crippen LogP contribution in [0.15, 0.2) is 120 Å². The van der Waals surface area contributed by atoms with Gasteiger partial charge in [-0.25, -0.2) is 13.2 Å². The van der Waals surface area contributed by atoms with Crippen molar-refractivity contribution in [3.8, 4) is 5.75 Å². The fourth-order valence-electron chi connectivity index (χ4n) is 5.70. The summed E-state index contributed by atoms with van der Waals surface area (Å²) in [7, 11) is -2.59. The Kier molecular flexibility index (Phi) is 13.2. The maximum Gasteiger partial charge on any atom is 0.404 e. The van der Waals surface area contributed by atoms with Crippen molar-refractivity contribution in [3.63, 3.8) is 0 Å². The fourth-order valence-corrected chi connectivity index (χ4v) is 7.35. The Labute approximate surface area is 284 Å². The fraction of sp³-hybridized carbons (Fsp3) is 0.342. The Morgan fingerprint density at radius 3 is 1.79 bits per heavy atom. The molecule has 0 saturated carbocycles. The van der Waals surface area contributed by atoms with Gasteiger partial charge in [0.2, 0.25) is 10.0 Å². The number of methoxy groups -OCH3 is 1. The number of sulfonamides is 1. The Morgan fingerprint density at radius 1 is 0.812 bits per heavy atom. The third kappa shape index (κ3) is 11.2. The maximum atomic E-state index is 14.2. The molecule has 0 heterocycles. The van der Waals surface area contributed by atoms with E-state index in [1.807, 2.05) is 80.6 Å². The molecule has 0 radical (unpaired) electrons. The van der Waals surface area contributed by atoms with Gasteiger partial charge in [-0.3, -0.25) is 4.90 Å². The number of rotatable bonds is 18. The first-order valence-corrected chi connectivity index (χ1v) is 17.5. The van der Waals surface area contributed by atoms with E-state index in [0.717, 1.165) is 18.7 Å². The van der Waals surface area contributed by atoms with Crippen molar-refractivity contribution < 1.29 is 28.2 Å². The Bertz CT molecular complexity index is 1610. The number of hydrogen-bond acceptors (Lipinski definition) is 6. The number of amides is 1. The minimum absolute atomic E-state index is 0.0619. The average molecular weight is 674 g/mol. The molecule has 10 heteroatoms. The topological polar surface area (TPSA) is 119 Å². The molecule has 1 amide bonds. The normalized spacial score (nSPS) is 13.3. The quantitative estimate of drug-likeness (QED) is 0.118. The van der Waals surface area contributed by atoms with Gasteiger partial charge in [0.1, 0.15) is 5.75 Å². The van der Waals surface area contributed by atoms with Crippen molar-refractivity contribution in [2.75, 3.05) is 26.7 Å². The zero-order valence-electron chi connectivity index (χ0n) is 27.9. The first kappa shape index (κ1) is 36.6. The molecular formula is C38H47N3O6S. The summed E-state index contributed by atoms with van der Waals surface area (Å²) in [6.07, 6.45) is -1.75. The van der Waals surface area contributed by atoms with Crippen LogP contribution in [0.4, 0.5) is 4.79 Å². The first-order chi connectivity index (χ1) is 22.9. The van der Waals surface area contributed by atoms with Crippen molar-refractivity contribution in [1.29, 1.82) is 0 Å². The van der Waals surface area contributed by atoms with E-state index in [4.69, 9.17) is 4.74 Å². The first-order valence-electron chi connectivity index (χ1n) is 16.1. The number of ether oxygens (including phenoxy) is 1. The van der Waals surface area contributed by atoms with E-state index in [1.165, 1.54) is 34.7 Å². The van der Waals surface area contributed by atoms with Crippen LogP contribution in [-0.2, 0) is 29.5 Å². The molecule has 48 heavy (non-hydrogen) atoms. The molecular weight excluding hydrogens is 627 g/mol. The van der Waals surface area contributed by atoms with Crippen LogP contribution in [0, 0.1) is 5.41 Å². The van der Waals surface area contributed by atoms with Gasteiger partial charge in [0.15, 0.2) is 0 Å². The molecule has 0 unspecified atom stereocenters. The van der Waals surface area contributed by atoms with Crippen molar-refractivity contribution in [2.24, 2.45) is 5.41 Å². The lowest BCUT2D eigenvalue weighted by atomic mass is 9.88. The van der Waals surface area contributed by atoms with Gasteiger partial charge in [-0.15, -0.1) is 0 Å². The number of aliphatic hydroxyl groups is 1. The highest BCUT2D eigenvalue weighted by atomic mass is 32.2. The van der Waals surface area contributed by atoms with E-state index < -0.39 is 33.7 Å². The van der Waals surface area contributed by atoms with Crippen molar-refractivity contribution >= 4 is 16.1 Å². The largest absolute Gasteiger partial charge is 0.497 e. The molecule has 4 rings (SSSR count). The lowest BCUT2D eigenvalue weighted by molar-refractivity contribution is 0.0883. The zero-order chi connectivity index (χ0) is 34.6. The summed E-state index contributed by atoms with van der Waals surface area (Å²) in [5.74, 6) is 0.520. The van der Waals surface area contributed by atoms with Gasteiger partial charge in [0, 0.05) is 26.2 Å². The molecule has 0 aliphatic heterocycles. The Balaban J connectivity index is 1.58. The molecule has 0 saturated heterocycles. The molecule has 0 aliphatic carbocycles. The van der Waals surface area contributed by atoms with Crippen LogP contribution < -0.4 is 10.1 Å². The van der Waals surface area contributed by atoms with Crippen LogP contribution in [0.1, 0.15) is 37.0 Å². The molecule has 9 nitrogen and oxygen atoms in total. The highest BCUT2D eigenvalue weighted by Crippen LogP contribution is 2.29. The number of nitrogens with zero attached hydrogens (tertiary/aromatic N) is 2. The number of hydrogen-bond donors (Lipinski definition) is 3. The molecule has 4 aromatic rings. The van der Waals surface area contributed by atoms with Crippen molar-refractivity contribution in [2.45, 2.75) is 56.8 Å². The summed E-state index contributed by atoms with van der Waals surface area (Å²) in [5, 5.41) is 23.5. The number of aliphatic hydroxyl groups excluding tert-OH is 1. The molecule has 2 atom stereocenters. The lowest BCUT2D eigenvalue weighted by Gasteiger charge is -2.36. The van der Waals surface area contributed by atoms with Crippen LogP contribution in [0.2, 0.25) is 0 Å². The van der Waals surface area contributed by atoms with Crippen LogP contribution in [0.3, 0.4) is 0 Å². The standard InChI is InChI=1S/C38H47N3O6S/c1-38(2,23-24-40(26-31-15-9-5-10-16-31)27-32-17-11-6-12-18-32)29-41(48(45,46)34-21-19-33(47-3)20-22-34)28-36(42)35(39-37(43)44)25-30-13-7-4-8-14-30/h4-22,35-36,39,42H,23-29H2,1-3H3,(H,43,44)/t35-,36+/m0/s1. The van der Waals surface area contributed by atoms with Crippen molar-refractivity contribution in [1.82, 2.24) is 14.5 Å². The van der Waals surface area contributed by atoms with E-state index in [9.17, 15) is 23.4 Å². The zero-order valence-corrected chi connectivity index (χ0v) is 28.7. The van der Waals surface area contributed by atoms with Gasteiger partial charge in [-0.2, -0.15) is 4.31 Å². The predicted octanol–water partition coefficient (Wildman–Crippen LogP) is 6.04. The number of nitrogens with one attached hydrogen (secondary N) is 1. The Hall–Kier alpha value is -4.22. The van der Waals surface area contributed by atoms with Crippen molar-refractivity contribution in [3.05, 3.63) is 132 Å². The molecule has 0 spiro atoms. The molecule has 0 aromatic heterocycles. The summed E-state index contributed by atoms with van der Waals surface area (Å²) in [5.41, 5.74) is 2.68. The van der Waals surface area contributed by atoms with E-state index >= 15 is 0 Å². The second-order valence-corrected chi connectivity index (χ2v) is 14.8. The molecule has 4 aromatic carbocycles. The van der Waals surface area contributed by atoms with E-state index in [2.05, 4.69) is 34.5 Å². The van der Waals surface area contributed by atoms with Crippen LogP contribution in [0.5, 0.6) is 5.75 Å². The summed E-state index contributed by atoms with van der Waals surface area (Å²) in [6.45, 7) is 6.03. The molecule has 0 bridgehead atoms. The third-order valence-corrected chi connectivity index (χ3v) is 10.2. The minimum Gasteiger partial charge on any atom is -0.497 e. The van der Waals surface area contributed by atoms with Gasteiger partial charge < -0.3 is 20.3 Å². The summed E-state index contributed by atoms with van der Waals surface area (Å²) >= 11 is 0. The molecule has 0 fully saturated rings. The average Bonchev–Trinajstić information content (AvgIpc) is 3.08. The number of carbonyl (C=O) groups is 1. The lowest BCUT2D eigenvalue weighted by Crippen LogP contribution is -2.51. The van der Waals surface area contributed by atoms with Crippen LogP contribution in [-0.4, -0.2) is 72.8 Å². The van der Waals surface area contributed by atoms with Gasteiger partial charge in [-0.05, 0) is 65.8 Å². The molecule has 3 N–H and O–H groups in total. The van der Waals surface area contributed by atoms with Gasteiger partial charge in [0.05, 0.1) is 24.2 Å². The Morgan fingerprint density at radius 2 is 1.31 bits per heavy atom. The third-order valence-electron chi connectivity index (χ3n) is 8.37. The highest BCUT2D eigenvalue weighted by Gasteiger charge is 2.35. The van der Waals surface area contributed by atoms with E-state index in [0.29, 0.717) is 18.7 Å². The SMILES string of the molecule is COc1ccc(S(=O)(=O)N(C[C@@H](O)[C@H](Cc2ccccc2)NC(=O)O)CC(C)(C)CCN(Cc2ccccc2)Cc2ccccc2)cc1. The predicted molar refractivity (Wildman–Crippen MR) is 188 cm³/mol. The number of benzene rings is 4. The summed E-state index contributed by atoms with van der Waals surface area (Å²) < 4.78 is 34.9.